The zero-order chi connectivity index (χ0) is 23.1. The summed E-state index contributed by atoms with van der Waals surface area (Å²) >= 11 is 0. The average Bonchev–Trinajstić information content (AvgIpc) is 3.43. The van der Waals surface area contributed by atoms with Gasteiger partial charge in [-0.05, 0) is 18.2 Å². The van der Waals surface area contributed by atoms with E-state index in [1.165, 1.54) is 12.1 Å². The number of hydrogen-bond donors (Lipinski definition) is 1. The third-order valence-corrected chi connectivity index (χ3v) is 5.12. The first-order valence-corrected chi connectivity index (χ1v) is 10.0. The van der Waals surface area contributed by atoms with E-state index in [-0.39, 0.29) is 41.8 Å². The van der Waals surface area contributed by atoms with Crippen molar-refractivity contribution < 1.29 is 27.2 Å². The molecule has 1 amide bonds. The Kier molecular flexibility index (Phi) is 5.53. The summed E-state index contributed by atoms with van der Waals surface area (Å²) in [7, 11) is 0. The monoisotopic (exact) mass is 449 g/mol. The van der Waals surface area contributed by atoms with Gasteiger partial charge in [0.1, 0.15) is 5.69 Å². The van der Waals surface area contributed by atoms with Crippen LogP contribution in [-0.2, 0) is 16.3 Å². The number of H-pyrrole nitrogens is 1. The van der Waals surface area contributed by atoms with Gasteiger partial charge in [0.15, 0.2) is 6.10 Å². The standard InChI is InChI=1S/C21H22F3N5O3/c1-20(2,3)16-10-14(26-27-16)19(30)29-7-8-31-15(11-29)18-25-17(28-32-18)12-5-4-6-13(9-12)21(22,23)24/h4-6,9-10,15H,7-8,11H2,1-3H3,(H,26,27)/t15-/m1/s1. The Morgan fingerprint density at radius 2 is 2.00 bits per heavy atom. The fraction of sp³-hybridized carbons (Fsp3) is 0.429. The van der Waals surface area contributed by atoms with Crippen molar-refractivity contribution >= 4 is 5.91 Å². The topological polar surface area (TPSA) is 97.1 Å². The number of morpholine rings is 1. The number of amides is 1. The Morgan fingerprint density at radius 3 is 2.69 bits per heavy atom. The van der Waals surface area contributed by atoms with Gasteiger partial charge in [0.2, 0.25) is 5.82 Å². The van der Waals surface area contributed by atoms with E-state index >= 15 is 0 Å². The number of carbonyl (C=O) groups is 1. The van der Waals surface area contributed by atoms with Crippen LogP contribution in [0.1, 0.15) is 54.5 Å². The average molecular weight is 449 g/mol. The van der Waals surface area contributed by atoms with Crippen LogP contribution < -0.4 is 0 Å². The van der Waals surface area contributed by atoms with Crippen LogP contribution in [0.4, 0.5) is 13.2 Å². The van der Waals surface area contributed by atoms with Crippen molar-refractivity contribution in [3.05, 3.63) is 53.2 Å². The lowest BCUT2D eigenvalue weighted by Crippen LogP contribution is -2.42. The molecular formula is C21H22F3N5O3. The highest BCUT2D eigenvalue weighted by atomic mass is 19.4. The molecule has 11 heteroatoms. The SMILES string of the molecule is CC(C)(C)c1cc(C(=O)N2CCO[C@@H](c3nc(-c4cccc(C(F)(F)F)c4)no3)C2)n[nH]1. The summed E-state index contributed by atoms with van der Waals surface area (Å²) < 4.78 is 49.8. The molecule has 1 aliphatic rings. The molecule has 0 radical (unpaired) electrons. The van der Waals surface area contributed by atoms with Crippen molar-refractivity contribution in [3.8, 4) is 11.4 Å². The summed E-state index contributed by atoms with van der Waals surface area (Å²) in [5, 5.41) is 10.8. The molecule has 1 aliphatic heterocycles. The Hall–Kier alpha value is -3.21. The molecule has 1 aromatic carbocycles. The van der Waals surface area contributed by atoms with Gasteiger partial charge in [0.25, 0.3) is 11.8 Å². The molecule has 3 heterocycles. The number of nitrogens with zero attached hydrogens (tertiary/aromatic N) is 4. The normalized spacial score (nSPS) is 17.6. The minimum absolute atomic E-state index is 0.0141. The number of alkyl halides is 3. The first kappa shape index (κ1) is 22.0. The number of carbonyl (C=O) groups excluding carboxylic acids is 1. The Bertz CT molecular complexity index is 1120. The molecule has 32 heavy (non-hydrogen) atoms. The van der Waals surface area contributed by atoms with Crippen molar-refractivity contribution in [2.45, 2.75) is 38.5 Å². The highest BCUT2D eigenvalue weighted by Gasteiger charge is 2.33. The summed E-state index contributed by atoms with van der Waals surface area (Å²) in [4.78, 5) is 18.7. The lowest BCUT2D eigenvalue weighted by Gasteiger charge is -2.30. The Balaban J connectivity index is 1.49. The summed E-state index contributed by atoms with van der Waals surface area (Å²) in [5.74, 6) is -0.157. The van der Waals surface area contributed by atoms with Gasteiger partial charge in [-0.25, -0.2) is 0 Å². The maximum Gasteiger partial charge on any atom is 0.416 e. The number of ether oxygens (including phenoxy) is 1. The van der Waals surface area contributed by atoms with Crippen molar-refractivity contribution in [2.24, 2.45) is 0 Å². The van der Waals surface area contributed by atoms with Crippen molar-refractivity contribution in [1.29, 1.82) is 0 Å². The van der Waals surface area contributed by atoms with Gasteiger partial charge in [-0.2, -0.15) is 23.3 Å². The maximum absolute atomic E-state index is 13.0. The van der Waals surface area contributed by atoms with Crippen LogP contribution in [-0.4, -0.2) is 50.8 Å². The molecule has 0 spiro atoms. The van der Waals surface area contributed by atoms with E-state index in [2.05, 4.69) is 20.3 Å². The zero-order valence-electron chi connectivity index (χ0n) is 17.7. The second-order valence-corrected chi connectivity index (χ2v) is 8.56. The van der Waals surface area contributed by atoms with Gasteiger partial charge in [0, 0.05) is 23.2 Å². The largest absolute Gasteiger partial charge is 0.416 e. The maximum atomic E-state index is 13.0. The zero-order valence-corrected chi connectivity index (χ0v) is 17.7. The number of rotatable bonds is 3. The Labute approximate surface area is 181 Å². The number of benzene rings is 1. The fourth-order valence-corrected chi connectivity index (χ4v) is 3.28. The van der Waals surface area contributed by atoms with Crippen molar-refractivity contribution in [1.82, 2.24) is 25.2 Å². The van der Waals surface area contributed by atoms with Crippen molar-refractivity contribution in [2.75, 3.05) is 19.7 Å². The molecule has 1 atom stereocenters. The summed E-state index contributed by atoms with van der Waals surface area (Å²) in [5.41, 5.74) is 0.326. The van der Waals surface area contributed by atoms with E-state index in [1.807, 2.05) is 20.8 Å². The molecule has 4 rings (SSSR count). The third-order valence-electron chi connectivity index (χ3n) is 5.12. The molecule has 170 valence electrons. The van der Waals surface area contributed by atoms with Gasteiger partial charge in [-0.3, -0.25) is 9.89 Å². The lowest BCUT2D eigenvalue weighted by atomic mass is 9.92. The highest BCUT2D eigenvalue weighted by molar-refractivity contribution is 5.92. The molecule has 2 aromatic heterocycles. The van der Waals surface area contributed by atoms with Crippen LogP contribution in [0.2, 0.25) is 0 Å². The molecule has 1 fully saturated rings. The van der Waals surface area contributed by atoms with E-state index in [4.69, 9.17) is 9.26 Å². The Morgan fingerprint density at radius 1 is 1.22 bits per heavy atom. The molecule has 0 aliphatic carbocycles. The minimum atomic E-state index is -4.48. The van der Waals surface area contributed by atoms with Crippen molar-refractivity contribution in [3.63, 3.8) is 0 Å². The quantitative estimate of drug-likeness (QED) is 0.650. The molecule has 1 N–H and O–H groups in total. The molecule has 8 nitrogen and oxygen atoms in total. The van der Waals surface area contributed by atoms with Crippen LogP contribution in [0, 0.1) is 0 Å². The van der Waals surface area contributed by atoms with E-state index < -0.39 is 17.8 Å². The molecule has 1 saturated heterocycles. The van der Waals surface area contributed by atoms with E-state index in [1.54, 1.807) is 11.0 Å². The number of aromatic nitrogens is 4. The predicted molar refractivity (Wildman–Crippen MR) is 107 cm³/mol. The second kappa shape index (κ2) is 8.05. The van der Waals surface area contributed by atoms with Gasteiger partial charge < -0.3 is 14.2 Å². The molecular weight excluding hydrogens is 427 g/mol. The molecule has 0 bridgehead atoms. The lowest BCUT2D eigenvalue weighted by molar-refractivity contribution is -0.137. The predicted octanol–water partition coefficient (Wildman–Crippen LogP) is 3.99. The van der Waals surface area contributed by atoms with Gasteiger partial charge >= 0.3 is 6.18 Å². The summed E-state index contributed by atoms with van der Waals surface area (Å²) in [6.45, 7) is 6.79. The number of halogens is 3. The summed E-state index contributed by atoms with van der Waals surface area (Å²) in [6.07, 6.45) is -5.17. The van der Waals surface area contributed by atoms with E-state index in [9.17, 15) is 18.0 Å². The fourth-order valence-electron chi connectivity index (χ4n) is 3.28. The molecule has 3 aromatic rings. The highest BCUT2D eigenvalue weighted by Crippen LogP contribution is 2.32. The van der Waals surface area contributed by atoms with E-state index in [0.717, 1.165) is 17.8 Å². The van der Waals surface area contributed by atoms with Crippen LogP contribution in [0.25, 0.3) is 11.4 Å². The van der Waals surface area contributed by atoms with Gasteiger partial charge in [-0.15, -0.1) is 0 Å². The molecule has 0 saturated carbocycles. The third kappa shape index (κ3) is 4.52. The van der Waals surface area contributed by atoms with Crippen LogP contribution in [0.3, 0.4) is 0 Å². The van der Waals surface area contributed by atoms with Crippen LogP contribution in [0.5, 0.6) is 0 Å². The number of aromatic amines is 1. The first-order valence-electron chi connectivity index (χ1n) is 10.0. The summed E-state index contributed by atoms with van der Waals surface area (Å²) in [6, 6.07) is 6.40. The van der Waals surface area contributed by atoms with Gasteiger partial charge in [0.05, 0.1) is 18.7 Å². The van der Waals surface area contributed by atoms with E-state index in [0.29, 0.717) is 12.2 Å². The van der Waals surface area contributed by atoms with Crippen LogP contribution >= 0.6 is 0 Å². The number of hydrogen-bond acceptors (Lipinski definition) is 6. The number of nitrogens with one attached hydrogen (secondary N) is 1. The van der Waals surface area contributed by atoms with Crippen LogP contribution in [0.15, 0.2) is 34.9 Å². The smallest absolute Gasteiger partial charge is 0.365 e. The minimum Gasteiger partial charge on any atom is -0.365 e. The first-order chi connectivity index (χ1) is 15.0. The molecule has 0 unspecified atom stereocenters. The van der Waals surface area contributed by atoms with Gasteiger partial charge in [-0.1, -0.05) is 38.1 Å². The second-order valence-electron chi connectivity index (χ2n) is 8.56.